The molecule has 0 unspecified atom stereocenters. The van der Waals surface area contributed by atoms with Crippen molar-refractivity contribution in [2.45, 2.75) is 20.0 Å². The number of nitrogen functional groups attached to an aromatic ring is 1. The molecule has 21 heavy (non-hydrogen) atoms. The molecule has 0 amide bonds. The molecule has 2 aromatic carbocycles. The van der Waals surface area contributed by atoms with Crippen LogP contribution in [0.15, 0.2) is 30.3 Å². The van der Waals surface area contributed by atoms with Gasteiger partial charge in [0.25, 0.3) is 0 Å². The van der Waals surface area contributed by atoms with E-state index in [4.69, 9.17) is 33.7 Å². The fourth-order valence-electron chi connectivity index (χ4n) is 1.83. The van der Waals surface area contributed by atoms with Crippen LogP contribution in [-0.4, -0.2) is 6.10 Å². The average Bonchev–Trinajstić information content (AvgIpc) is 2.34. The summed E-state index contributed by atoms with van der Waals surface area (Å²) in [5, 5.41) is 2.97. The number of rotatable bonds is 4. The minimum atomic E-state index is -0.639. The maximum atomic E-state index is 13.4. The lowest BCUT2D eigenvalue weighted by Gasteiger charge is -2.14. The molecule has 2 rings (SSSR count). The van der Waals surface area contributed by atoms with Crippen molar-refractivity contribution in [3.63, 3.8) is 0 Å². The van der Waals surface area contributed by atoms with Crippen LogP contribution >= 0.6 is 23.2 Å². The van der Waals surface area contributed by atoms with E-state index in [1.807, 2.05) is 13.8 Å². The van der Waals surface area contributed by atoms with Crippen molar-refractivity contribution < 1.29 is 9.13 Å². The molecule has 0 aliphatic carbocycles. The lowest BCUT2D eigenvalue weighted by atomic mass is 10.2. The molecule has 0 spiro atoms. The number of benzene rings is 2. The lowest BCUT2D eigenvalue weighted by molar-refractivity contribution is 0.242. The van der Waals surface area contributed by atoms with Crippen molar-refractivity contribution in [1.29, 1.82) is 0 Å². The molecule has 0 atom stereocenters. The normalized spacial score (nSPS) is 10.8. The Hall–Kier alpha value is -1.65. The molecule has 0 aliphatic rings. The van der Waals surface area contributed by atoms with Crippen molar-refractivity contribution >= 4 is 40.3 Å². The maximum Gasteiger partial charge on any atom is 0.160 e. The highest BCUT2D eigenvalue weighted by molar-refractivity contribution is 6.35. The van der Waals surface area contributed by atoms with Crippen molar-refractivity contribution in [1.82, 2.24) is 0 Å². The van der Waals surface area contributed by atoms with Crippen LogP contribution in [0.2, 0.25) is 10.0 Å². The van der Waals surface area contributed by atoms with Crippen LogP contribution in [0.3, 0.4) is 0 Å². The Morgan fingerprint density at radius 3 is 2.19 bits per heavy atom. The predicted molar refractivity (Wildman–Crippen MR) is 86.3 cm³/mol. The van der Waals surface area contributed by atoms with Gasteiger partial charge in [0.05, 0.1) is 16.1 Å². The number of hydrogen-bond donors (Lipinski definition) is 2. The Morgan fingerprint density at radius 1 is 1.05 bits per heavy atom. The van der Waals surface area contributed by atoms with Crippen LogP contribution in [0.1, 0.15) is 13.8 Å². The van der Waals surface area contributed by atoms with E-state index in [1.54, 1.807) is 18.2 Å². The third-order valence-electron chi connectivity index (χ3n) is 2.57. The molecule has 0 saturated carbocycles. The van der Waals surface area contributed by atoms with Gasteiger partial charge in [-0.05, 0) is 32.0 Å². The Bertz CT molecular complexity index is 639. The topological polar surface area (TPSA) is 47.3 Å². The third kappa shape index (κ3) is 4.16. The van der Waals surface area contributed by atoms with E-state index >= 15 is 0 Å². The SMILES string of the molecule is CC(C)Oc1cc(N)cc(Nc2cc(Cl)c(F)c(Cl)c2)c1. The zero-order valence-electron chi connectivity index (χ0n) is 11.6. The van der Waals surface area contributed by atoms with Gasteiger partial charge in [-0.15, -0.1) is 0 Å². The summed E-state index contributed by atoms with van der Waals surface area (Å²) in [5.74, 6) is 0.00657. The molecular formula is C15H15Cl2FN2O. The van der Waals surface area contributed by atoms with Gasteiger partial charge >= 0.3 is 0 Å². The minimum absolute atomic E-state index is 0.0364. The lowest BCUT2D eigenvalue weighted by Crippen LogP contribution is -2.06. The average molecular weight is 329 g/mol. The second-order valence-electron chi connectivity index (χ2n) is 4.84. The van der Waals surface area contributed by atoms with E-state index < -0.39 is 5.82 Å². The van der Waals surface area contributed by atoms with Crippen molar-refractivity contribution in [3.8, 4) is 5.75 Å². The number of nitrogens with two attached hydrogens (primary N) is 1. The summed E-state index contributed by atoms with van der Waals surface area (Å²) < 4.78 is 19.0. The zero-order valence-corrected chi connectivity index (χ0v) is 13.1. The summed E-state index contributed by atoms with van der Waals surface area (Å²) in [5.41, 5.74) is 7.65. The molecule has 0 bridgehead atoms. The molecule has 0 fully saturated rings. The molecular weight excluding hydrogens is 314 g/mol. The van der Waals surface area contributed by atoms with E-state index in [1.165, 1.54) is 12.1 Å². The molecule has 0 aliphatic heterocycles. The summed E-state index contributed by atoms with van der Waals surface area (Å²) >= 11 is 11.5. The van der Waals surface area contributed by atoms with Crippen LogP contribution in [0.4, 0.5) is 21.5 Å². The summed E-state index contributed by atoms with van der Waals surface area (Å²) in [4.78, 5) is 0. The largest absolute Gasteiger partial charge is 0.491 e. The number of hydrogen-bond acceptors (Lipinski definition) is 3. The number of halogens is 3. The monoisotopic (exact) mass is 328 g/mol. The Balaban J connectivity index is 2.29. The van der Waals surface area contributed by atoms with Crippen LogP contribution in [0, 0.1) is 5.82 Å². The van der Waals surface area contributed by atoms with Crippen molar-refractivity contribution in [2.75, 3.05) is 11.1 Å². The first-order valence-corrected chi connectivity index (χ1v) is 7.09. The Kier molecular flexibility index (Phi) is 4.80. The second-order valence-corrected chi connectivity index (χ2v) is 5.65. The highest BCUT2D eigenvalue weighted by Gasteiger charge is 2.09. The van der Waals surface area contributed by atoms with E-state index in [0.29, 0.717) is 22.8 Å². The molecule has 0 heterocycles. The van der Waals surface area contributed by atoms with E-state index in [0.717, 1.165) is 0 Å². The van der Waals surface area contributed by atoms with Gasteiger partial charge in [0, 0.05) is 29.2 Å². The maximum absolute atomic E-state index is 13.4. The zero-order chi connectivity index (χ0) is 15.6. The third-order valence-corrected chi connectivity index (χ3v) is 3.12. The minimum Gasteiger partial charge on any atom is -0.491 e. The molecule has 3 N–H and O–H groups in total. The molecule has 3 nitrogen and oxygen atoms in total. The highest BCUT2D eigenvalue weighted by atomic mass is 35.5. The summed E-state index contributed by atoms with van der Waals surface area (Å²) in [6, 6.07) is 8.17. The second kappa shape index (κ2) is 6.41. The standard InChI is InChI=1S/C15H15Cl2FN2O/c1-8(2)21-12-4-9(19)3-10(5-12)20-11-6-13(16)15(18)14(17)7-11/h3-8,20H,19H2,1-2H3. The van der Waals surface area contributed by atoms with Gasteiger partial charge in [0.15, 0.2) is 5.82 Å². The summed E-state index contributed by atoms with van der Waals surface area (Å²) in [7, 11) is 0. The first kappa shape index (κ1) is 15.7. The Labute approximate surface area is 132 Å². The van der Waals surface area contributed by atoms with Gasteiger partial charge in [-0.3, -0.25) is 0 Å². The van der Waals surface area contributed by atoms with Gasteiger partial charge in [0.1, 0.15) is 5.75 Å². The number of ether oxygens (including phenoxy) is 1. The first-order chi connectivity index (χ1) is 9.85. The smallest absolute Gasteiger partial charge is 0.160 e. The molecule has 6 heteroatoms. The number of anilines is 3. The van der Waals surface area contributed by atoms with Crippen LogP contribution in [0.5, 0.6) is 5.75 Å². The van der Waals surface area contributed by atoms with Crippen molar-refractivity contribution in [3.05, 3.63) is 46.2 Å². The molecule has 0 radical (unpaired) electrons. The predicted octanol–water partition coefficient (Wildman–Crippen LogP) is 5.25. The molecule has 0 aromatic heterocycles. The van der Waals surface area contributed by atoms with Gasteiger partial charge in [0.2, 0.25) is 0 Å². The van der Waals surface area contributed by atoms with E-state index in [-0.39, 0.29) is 16.1 Å². The fraction of sp³-hybridized carbons (Fsp3) is 0.200. The molecule has 0 saturated heterocycles. The Morgan fingerprint density at radius 2 is 1.62 bits per heavy atom. The van der Waals surface area contributed by atoms with Crippen LogP contribution < -0.4 is 15.8 Å². The van der Waals surface area contributed by atoms with Crippen molar-refractivity contribution in [2.24, 2.45) is 0 Å². The van der Waals surface area contributed by atoms with E-state index in [2.05, 4.69) is 5.32 Å². The highest BCUT2D eigenvalue weighted by Crippen LogP contribution is 2.31. The van der Waals surface area contributed by atoms with Gasteiger partial charge in [-0.1, -0.05) is 23.2 Å². The first-order valence-electron chi connectivity index (χ1n) is 6.34. The van der Waals surface area contributed by atoms with Gasteiger partial charge < -0.3 is 15.8 Å². The van der Waals surface area contributed by atoms with Gasteiger partial charge in [-0.2, -0.15) is 0 Å². The van der Waals surface area contributed by atoms with E-state index in [9.17, 15) is 4.39 Å². The quantitative estimate of drug-likeness (QED) is 0.595. The molecule has 112 valence electrons. The fourth-order valence-corrected chi connectivity index (χ4v) is 2.32. The van der Waals surface area contributed by atoms with Crippen LogP contribution in [-0.2, 0) is 0 Å². The summed E-state index contributed by atoms with van der Waals surface area (Å²) in [6.07, 6.45) is 0.0364. The number of nitrogens with one attached hydrogen (secondary N) is 1. The van der Waals surface area contributed by atoms with Gasteiger partial charge in [-0.25, -0.2) is 4.39 Å². The van der Waals surface area contributed by atoms with Crippen LogP contribution in [0.25, 0.3) is 0 Å². The summed E-state index contributed by atoms with van der Waals surface area (Å²) in [6.45, 7) is 3.85. The molecule has 2 aromatic rings.